The molecule has 3 heterocycles. The van der Waals surface area contributed by atoms with E-state index < -0.39 is 0 Å². The predicted molar refractivity (Wildman–Crippen MR) is 70.6 cm³/mol. The lowest BCUT2D eigenvalue weighted by Crippen LogP contribution is -2.16. The Balaban J connectivity index is 2.17. The molecular formula is C15H10N2O. The Morgan fingerprint density at radius 3 is 3.00 bits per heavy atom. The molecule has 3 nitrogen and oxygen atoms in total. The molecule has 86 valence electrons. The first kappa shape index (κ1) is 9.59. The summed E-state index contributed by atoms with van der Waals surface area (Å²) >= 11 is 0. The van der Waals surface area contributed by atoms with Crippen LogP contribution in [0.5, 0.6) is 0 Å². The monoisotopic (exact) mass is 234 g/mol. The van der Waals surface area contributed by atoms with Crippen molar-refractivity contribution >= 4 is 22.9 Å². The second-order valence-electron chi connectivity index (χ2n) is 4.46. The van der Waals surface area contributed by atoms with Gasteiger partial charge in [-0.1, -0.05) is 24.3 Å². The predicted octanol–water partition coefficient (Wildman–Crippen LogP) is 3.20. The molecule has 0 fully saturated rings. The number of hydrogen-bond donors (Lipinski definition) is 0. The number of fused-ring (bicyclic) bond motifs is 5. The summed E-state index contributed by atoms with van der Waals surface area (Å²) in [6.45, 7) is 0. The van der Waals surface area contributed by atoms with Crippen molar-refractivity contribution in [3.05, 3.63) is 48.3 Å². The molecule has 3 heteroatoms. The molecule has 0 atom stereocenters. The van der Waals surface area contributed by atoms with Crippen molar-refractivity contribution in [3.8, 4) is 11.3 Å². The standard InChI is InChI=1S/C15H10N2O/c18-14-7-3-6-13-15-11(8-9-17(13)14)10-4-1-2-5-12(10)16-15/h1-6,8-9H,7H2. The quantitative estimate of drug-likeness (QED) is 0.598. The van der Waals surface area contributed by atoms with Gasteiger partial charge in [-0.25, -0.2) is 4.98 Å². The Morgan fingerprint density at radius 2 is 2.06 bits per heavy atom. The number of nitrogens with zero attached hydrogens (tertiary/aromatic N) is 2. The van der Waals surface area contributed by atoms with Crippen molar-refractivity contribution < 1.29 is 4.79 Å². The Hall–Kier alpha value is -2.42. The van der Waals surface area contributed by atoms with Gasteiger partial charge in [-0.15, -0.1) is 0 Å². The highest BCUT2D eigenvalue weighted by Crippen LogP contribution is 2.34. The summed E-state index contributed by atoms with van der Waals surface area (Å²) in [5, 5.41) is 1.14. The van der Waals surface area contributed by atoms with Crippen LogP contribution in [0.1, 0.15) is 16.9 Å². The van der Waals surface area contributed by atoms with Gasteiger partial charge in [0.25, 0.3) is 0 Å². The second-order valence-corrected chi connectivity index (χ2v) is 4.46. The second kappa shape index (κ2) is 3.29. The topological polar surface area (TPSA) is 34.9 Å². The van der Waals surface area contributed by atoms with Crippen LogP contribution in [-0.4, -0.2) is 15.5 Å². The van der Waals surface area contributed by atoms with Gasteiger partial charge in [0.15, 0.2) is 0 Å². The van der Waals surface area contributed by atoms with E-state index in [9.17, 15) is 4.79 Å². The molecule has 3 aliphatic heterocycles. The average Bonchev–Trinajstić information content (AvgIpc) is 2.78. The fourth-order valence-electron chi connectivity index (χ4n) is 2.56. The zero-order valence-corrected chi connectivity index (χ0v) is 9.63. The average molecular weight is 234 g/mol. The Kier molecular flexibility index (Phi) is 1.75. The molecule has 0 N–H and O–H groups in total. The molecule has 1 aromatic rings. The lowest BCUT2D eigenvalue weighted by Gasteiger charge is -2.15. The third-order valence-corrected chi connectivity index (χ3v) is 3.41. The number of para-hydroxylation sites is 1. The van der Waals surface area contributed by atoms with Crippen molar-refractivity contribution in [2.45, 2.75) is 6.42 Å². The van der Waals surface area contributed by atoms with Crippen molar-refractivity contribution in [3.63, 3.8) is 0 Å². The first-order chi connectivity index (χ1) is 8.84. The van der Waals surface area contributed by atoms with Crippen LogP contribution in [0.2, 0.25) is 0 Å². The maximum Gasteiger partial charge on any atom is 0.234 e. The third-order valence-electron chi connectivity index (χ3n) is 3.41. The van der Waals surface area contributed by atoms with Crippen LogP contribution in [0.15, 0.2) is 42.6 Å². The zero-order chi connectivity index (χ0) is 12.1. The van der Waals surface area contributed by atoms with E-state index in [0.717, 1.165) is 27.9 Å². The third kappa shape index (κ3) is 1.13. The summed E-state index contributed by atoms with van der Waals surface area (Å²) in [4.78, 5) is 16.5. The van der Waals surface area contributed by atoms with Crippen LogP contribution in [-0.2, 0) is 0 Å². The van der Waals surface area contributed by atoms with Crippen molar-refractivity contribution in [2.75, 3.05) is 0 Å². The molecule has 0 aliphatic carbocycles. The van der Waals surface area contributed by atoms with E-state index in [1.54, 1.807) is 4.57 Å². The summed E-state index contributed by atoms with van der Waals surface area (Å²) in [6, 6.07) is 10.0. The van der Waals surface area contributed by atoms with E-state index in [4.69, 9.17) is 0 Å². The van der Waals surface area contributed by atoms with E-state index in [-0.39, 0.29) is 5.91 Å². The molecule has 0 bridgehead atoms. The molecule has 18 heavy (non-hydrogen) atoms. The number of rotatable bonds is 0. The fraction of sp³-hybridized carbons (Fsp3) is 0.0667. The van der Waals surface area contributed by atoms with Gasteiger partial charge in [-0.05, 0) is 18.2 Å². The SMILES string of the molecule is O=C1CC=Cc2c3nc4ccccc4c-3ccn21. The van der Waals surface area contributed by atoms with Crippen LogP contribution in [0, 0.1) is 0 Å². The van der Waals surface area contributed by atoms with Gasteiger partial charge >= 0.3 is 0 Å². The number of hydrogen-bond acceptors (Lipinski definition) is 2. The number of benzene rings is 1. The number of allylic oxidation sites excluding steroid dienone is 1. The molecule has 0 spiro atoms. The maximum atomic E-state index is 11.8. The van der Waals surface area contributed by atoms with Crippen LogP contribution < -0.4 is 0 Å². The molecular weight excluding hydrogens is 224 g/mol. The molecule has 3 aliphatic rings. The highest BCUT2D eigenvalue weighted by atomic mass is 16.2. The molecule has 0 saturated carbocycles. The molecule has 0 radical (unpaired) electrons. The van der Waals surface area contributed by atoms with Crippen molar-refractivity contribution in [1.29, 1.82) is 0 Å². The zero-order valence-electron chi connectivity index (χ0n) is 9.63. The molecule has 0 saturated heterocycles. The van der Waals surface area contributed by atoms with E-state index in [1.807, 2.05) is 42.6 Å². The number of carbonyl (C=O) groups excluding carboxylic acids is 1. The van der Waals surface area contributed by atoms with Gasteiger partial charge in [0.1, 0.15) is 0 Å². The minimum absolute atomic E-state index is 0.0986. The molecule has 0 unspecified atom stereocenters. The van der Waals surface area contributed by atoms with Gasteiger partial charge < -0.3 is 0 Å². The summed E-state index contributed by atoms with van der Waals surface area (Å²) in [7, 11) is 0. The highest BCUT2D eigenvalue weighted by molar-refractivity contribution is 6.01. The minimum Gasteiger partial charge on any atom is -0.285 e. The Bertz CT molecular complexity index is 782. The summed E-state index contributed by atoms with van der Waals surface area (Å²) in [5.74, 6) is 0.0986. The van der Waals surface area contributed by atoms with Gasteiger partial charge in [0.2, 0.25) is 5.91 Å². The van der Waals surface area contributed by atoms with Crippen LogP contribution in [0.4, 0.5) is 0 Å². The van der Waals surface area contributed by atoms with E-state index in [0.29, 0.717) is 6.42 Å². The first-order valence-electron chi connectivity index (χ1n) is 5.94. The smallest absolute Gasteiger partial charge is 0.234 e. The number of carbonyl (C=O) groups is 1. The van der Waals surface area contributed by atoms with Gasteiger partial charge in [-0.2, -0.15) is 0 Å². The normalized spacial score (nSPS) is 14.3. The highest BCUT2D eigenvalue weighted by Gasteiger charge is 2.20. The van der Waals surface area contributed by atoms with E-state index in [2.05, 4.69) is 11.1 Å². The van der Waals surface area contributed by atoms with Crippen molar-refractivity contribution in [2.24, 2.45) is 0 Å². The number of pyridine rings is 1. The first-order valence-corrected chi connectivity index (χ1v) is 5.94. The van der Waals surface area contributed by atoms with Gasteiger partial charge in [-0.3, -0.25) is 9.36 Å². The minimum atomic E-state index is 0.0986. The fourth-order valence-corrected chi connectivity index (χ4v) is 2.56. The van der Waals surface area contributed by atoms with E-state index in [1.165, 1.54) is 0 Å². The lowest BCUT2D eigenvalue weighted by molar-refractivity contribution is 0.0913. The summed E-state index contributed by atoms with van der Waals surface area (Å²) < 4.78 is 1.69. The van der Waals surface area contributed by atoms with Crippen molar-refractivity contribution in [1.82, 2.24) is 9.55 Å². The lowest BCUT2D eigenvalue weighted by atomic mass is 10.1. The van der Waals surface area contributed by atoms with Crippen LogP contribution in [0.25, 0.3) is 28.2 Å². The van der Waals surface area contributed by atoms with Crippen LogP contribution >= 0.6 is 0 Å². The molecule has 4 rings (SSSR count). The van der Waals surface area contributed by atoms with E-state index >= 15 is 0 Å². The van der Waals surface area contributed by atoms with Gasteiger partial charge in [0.05, 0.1) is 16.9 Å². The Morgan fingerprint density at radius 1 is 1.17 bits per heavy atom. The molecule has 1 aromatic carbocycles. The van der Waals surface area contributed by atoms with Gasteiger partial charge in [0, 0.05) is 23.6 Å². The van der Waals surface area contributed by atoms with Crippen LogP contribution in [0.3, 0.4) is 0 Å². The summed E-state index contributed by atoms with van der Waals surface area (Å²) in [5.41, 5.74) is 3.88. The number of aromatic nitrogens is 2. The molecule has 0 aromatic heterocycles. The summed E-state index contributed by atoms with van der Waals surface area (Å²) in [6.07, 6.45) is 6.19. The Labute approximate surface area is 104 Å². The largest absolute Gasteiger partial charge is 0.285 e. The molecule has 0 amide bonds. The maximum absolute atomic E-state index is 11.8.